The van der Waals surface area contributed by atoms with E-state index in [1.165, 1.54) is 13.2 Å². The van der Waals surface area contributed by atoms with E-state index in [1.807, 2.05) is 30.3 Å². The summed E-state index contributed by atoms with van der Waals surface area (Å²) in [5.41, 5.74) is 1.14. The van der Waals surface area contributed by atoms with Gasteiger partial charge < -0.3 is 9.47 Å². The Labute approximate surface area is 122 Å². The molecule has 4 heteroatoms. The van der Waals surface area contributed by atoms with Gasteiger partial charge in [0.2, 0.25) is 0 Å². The van der Waals surface area contributed by atoms with E-state index in [-0.39, 0.29) is 11.3 Å². The SMILES string of the molecule is COc1cccc(C=O)c1OC(=O)C=Cc1ccccc1. The van der Waals surface area contributed by atoms with Crippen LogP contribution in [0.2, 0.25) is 0 Å². The van der Waals surface area contributed by atoms with Crippen molar-refractivity contribution in [2.24, 2.45) is 0 Å². The summed E-state index contributed by atoms with van der Waals surface area (Å²) in [5, 5.41) is 0. The lowest BCUT2D eigenvalue weighted by Gasteiger charge is -2.09. The quantitative estimate of drug-likeness (QED) is 0.366. The summed E-state index contributed by atoms with van der Waals surface area (Å²) in [4.78, 5) is 22.8. The predicted molar refractivity (Wildman–Crippen MR) is 79.5 cm³/mol. The third kappa shape index (κ3) is 3.79. The molecule has 0 heterocycles. The molecule has 2 rings (SSSR count). The number of ether oxygens (including phenoxy) is 2. The molecule has 0 atom stereocenters. The average molecular weight is 282 g/mol. The van der Waals surface area contributed by atoms with Crippen LogP contribution in [0.4, 0.5) is 0 Å². The summed E-state index contributed by atoms with van der Waals surface area (Å²) >= 11 is 0. The highest BCUT2D eigenvalue weighted by Crippen LogP contribution is 2.30. The van der Waals surface area contributed by atoms with Crippen molar-refractivity contribution in [2.45, 2.75) is 0 Å². The molecule has 2 aromatic rings. The molecule has 0 aliphatic heterocycles. The molecule has 2 aromatic carbocycles. The molecule has 0 aliphatic carbocycles. The summed E-state index contributed by atoms with van der Waals surface area (Å²) in [5.74, 6) is -0.120. The van der Waals surface area contributed by atoms with Crippen LogP contribution in [-0.4, -0.2) is 19.4 Å². The first-order valence-corrected chi connectivity index (χ1v) is 6.31. The molecule has 4 nitrogen and oxygen atoms in total. The van der Waals surface area contributed by atoms with Crippen LogP contribution in [0.5, 0.6) is 11.5 Å². The third-order valence-electron chi connectivity index (χ3n) is 2.77. The Morgan fingerprint density at radius 3 is 2.48 bits per heavy atom. The summed E-state index contributed by atoms with van der Waals surface area (Å²) in [6, 6.07) is 14.2. The van der Waals surface area contributed by atoms with E-state index in [9.17, 15) is 9.59 Å². The fourth-order valence-electron chi connectivity index (χ4n) is 1.76. The molecule has 0 saturated heterocycles. The Morgan fingerprint density at radius 1 is 1.05 bits per heavy atom. The molecule has 0 N–H and O–H groups in total. The second kappa shape index (κ2) is 7.05. The van der Waals surface area contributed by atoms with Crippen molar-refractivity contribution in [2.75, 3.05) is 7.11 Å². The Kier molecular flexibility index (Phi) is 4.88. The molecule has 0 amide bonds. The zero-order chi connectivity index (χ0) is 15.1. The van der Waals surface area contributed by atoms with Crippen molar-refractivity contribution >= 4 is 18.3 Å². The topological polar surface area (TPSA) is 52.6 Å². The highest BCUT2D eigenvalue weighted by Gasteiger charge is 2.12. The lowest BCUT2D eigenvalue weighted by atomic mass is 10.2. The molecule has 0 unspecified atom stereocenters. The number of hydrogen-bond acceptors (Lipinski definition) is 4. The Bertz CT molecular complexity index is 660. The smallest absolute Gasteiger partial charge is 0.336 e. The maximum Gasteiger partial charge on any atom is 0.336 e. The van der Waals surface area contributed by atoms with Gasteiger partial charge >= 0.3 is 5.97 Å². The number of hydrogen-bond donors (Lipinski definition) is 0. The van der Waals surface area contributed by atoms with Crippen molar-refractivity contribution in [3.05, 3.63) is 65.7 Å². The minimum absolute atomic E-state index is 0.123. The van der Waals surface area contributed by atoms with Crippen molar-refractivity contribution in [1.29, 1.82) is 0 Å². The van der Waals surface area contributed by atoms with Gasteiger partial charge in [-0.05, 0) is 23.8 Å². The van der Waals surface area contributed by atoms with Gasteiger partial charge in [-0.3, -0.25) is 4.79 Å². The standard InChI is InChI=1S/C17H14O4/c1-20-15-9-5-8-14(12-18)17(15)21-16(19)11-10-13-6-3-2-4-7-13/h2-12H,1H3. The summed E-state index contributed by atoms with van der Waals surface area (Å²) in [6.07, 6.45) is 3.56. The van der Waals surface area contributed by atoms with Crippen molar-refractivity contribution in [3.8, 4) is 11.5 Å². The highest BCUT2D eigenvalue weighted by atomic mass is 16.6. The monoisotopic (exact) mass is 282 g/mol. The van der Waals surface area contributed by atoms with E-state index in [0.29, 0.717) is 12.0 Å². The van der Waals surface area contributed by atoms with Crippen LogP contribution >= 0.6 is 0 Å². The van der Waals surface area contributed by atoms with Crippen LogP contribution in [0.1, 0.15) is 15.9 Å². The lowest BCUT2D eigenvalue weighted by molar-refractivity contribution is -0.129. The number of para-hydroxylation sites is 1. The lowest BCUT2D eigenvalue weighted by Crippen LogP contribution is -2.07. The zero-order valence-corrected chi connectivity index (χ0v) is 11.5. The summed E-state index contributed by atoms with van der Waals surface area (Å²) < 4.78 is 10.3. The molecule has 0 aliphatic rings. The number of rotatable bonds is 5. The van der Waals surface area contributed by atoms with Crippen LogP contribution < -0.4 is 9.47 Å². The molecular weight excluding hydrogens is 268 g/mol. The van der Waals surface area contributed by atoms with Crippen LogP contribution in [-0.2, 0) is 4.79 Å². The van der Waals surface area contributed by atoms with Gasteiger partial charge in [-0.25, -0.2) is 4.79 Å². The van der Waals surface area contributed by atoms with Gasteiger partial charge in [-0.15, -0.1) is 0 Å². The van der Waals surface area contributed by atoms with Crippen LogP contribution in [0.25, 0.3) is 6.08 Å². The van der Waals surface area contributed by atoms with Gasteiger partial charge in [-0.2, -0.15) is 0 Å². The molecule has 0 spiro atoms. The Morgan fingerprint density at radius 2 is 1.81 bits per heavy atom. The van der Waals surface area contributed by atoms with E-state index in [0.717, 1.165) is 5.56 Å². The molecule has 21 heavy (non-hydrogen) atoms. The van der Waals surface area contributed by atoms with E-state index in [1.54, 1.807) is 24.3 Å². The predicted octanol–water partition coefficient (Wildman–Crippen LogP) is 3.13. The second-order valence-electron chi connectivity index (χ2n) is 4.16. The van der Waals surface area contributed by atoms with E-state index in [2.05, 4.69) is 0 Å². The molecule has 106 valence electrons. The fraction of sp³-hybridized carbons (Fsp3) is 0.0588. The Balaban J connectivity index is 2.16. The maximum atomic E-state index is 11.8. The van der Waals surface area contributed by atoms with Crippen molar-refractivity contribution in [1.82, 2.24) is 0 Å². The Hall–Kier alpha value is -2.88. The van der Waals surface area contributed by atoms with Gasteiger partial charge in [0, 0.05) is 6.08 Å². The van der Waals surface area contributed by atoms with E-state index >= 15 is 0 Å². The van der Waals surface area contributed by atoms with Crippen LogP contribution in [0, 0.1) is 0 Å². The first-order chi connectivity index (χ1) is 10.2. The van der Waals surface area contributed by atoms with Crippen LogP contribution in [0.3, 0.4) is 0 Å². The largest absolute Gasteiger partial charge is 0.493 e. The van der Waals surface area contributed by atoms with Gasteiger partial charge in [-0.1, -0.05) is 36.4 Å². The molecule has 0 fully saturated rings. The summed E-state index contributed by atoms with van der Waals surface area (Å²) in [6.45, 7) is 0. The number of carbonyl (C=O) groups is 2. The zero-order valence-electron chi connectivity index (χ0n) is 11.5. The first-order valence-electron chi connectivity index (χ1n) is 6.31. The van der Waals surface area contributed by atoms with Gasteiger partial charge in [0.05, 0.1) is 12.7 Å². The average Bonchev–Trinajstić information content (AvgIpc) is 2.54. The van der Waals surface area contributed by atoms with E-state index in [4.69, 9.17) is 9.47 Å². The maximum absolute atomic E-state index is 11.8. The molecule has 0 radical (unpaired) electrons. The normalized spacial score (nSPS) is 10.3. The van der Waals surface area contributed by atoms with Gasteiger partial charge in [0.25, 0.3) is 0 Å². The number of benzene rings is 2. The minimum atomic E-state index is -0.577. The van der Waals surface area contributed by atoms with Gasteiger partial charge in [0.15, 0.2) is 17.8 Å². The molecular formula is C17H14O4. The van der Waals surface area contributed by atoms with Crippen molar-refractivity contribution in [3.63, 3.8) is 0 Å². The van der Waals surface area contributed by atoms with Crippen molar-refractivity contribution < 1.29 is 19.1 Å². The first kappa shape index (κ1) is 14.5. The molecule has 0 saturated carbocycles. The minimum Gasteiger partial charge on any atom is -0.493 e. The number of methoxy groups -OCH3 is 1. The molecule has 0 aromatic heterocycles. The number of carbonyl (C=O) groups excluding carboxylic acids is 2. The number of aldehydes is 1. The summed E-state index contributed by atoms with van der Waals surface area (Å²) in [7, 11) is 1.45. The second-order valence-corrected chi connectivity index (χ2v) is 4.16. The fourth-order valence-corrected chi connectivity index (χ4v) is 1.76. The van der Waals surface area contributed by atoms with Gasteiger partial charge in [0.1, 0.15) is 0 Å². The molecule has 0 bridgehead atoms. The highest BCUT2D eigenvalue weighted by molar-refractivity contribution is 5.91. The number of esters is 1. The van der Waals surface area contributed by atoms with E-state index < -0.39 is 5.97 Å². The van der Waals surface area contributed by atoms with Crippen LogP contribution in [0.15, 0.2) is 54.6 Å². The third-order valence-corrected chi connectivity index (χ3v) is 2.77.